The molecule has 1 N–H and O–H groups in total. The number of carboxylic acid groups (broad SMARTS) is 1. The average Bonchev–Trinajstić information content (AvgIpc) is 2.08. The second kappa shape index (κ2) is 3.85. The van der Waals surface area contributed by atoms with Crippen molar-refractivity contribution in [3.05, 3.63) is 47.8 Å². The molecule has 13 heavy (non-hydrogen) atoms. The highest BCUT2D eigenvalue weighted by molar-refractivity contribution is 5.88. The Bertz CT molecular complexity index is 345. The van der Waals surface area contributed by atoms with Crippen LogP contribution in [0.25, 0.3) is 0 Å². The van der Waals surface area contributed by atoms with Gasteiger partial charge in [-0.1, -0.05) is 12.1 Å². The third kappa shape index (κ3) is 2.15. The van der Waals surface area contributed by atoms with E-state index in [1.165, 1.54) is 6.07 Å². The molecule has 3 heteroatoms. The van der Waals surface area contributed by atoms with Crippen molar-refractivity contribution in [2.24, 2.45) is 0 Å². The molecule has 0 unspecified atom stereocenters. The lowest BCUT2D eigenvalue weighted by atomic mass is 10.1. The van der Waals surface area contributed by atoms with E-state index in [9.17, 15) is 9.18 Å². The van der Waals surface area contributed by atoms with Crippen molar-refractivity contribution >= 4 is 5.97 Å². The number of carboxylic acids is 1. The Balaban J connectivity index is 3.10. The highest BCUT2D eigenvalue weighted by Gasteiger charge is 2.09. The van der Waals surface area contributed by atoms with Crippen molar-refractivity contribution in [3.63, 3.8) is 0 Å². The molecule has 0 fully saturated rings. The standard InChI is InChI=1S/C10H9FO2/c1-2-3-7-4-5-9(11)8(6-7)10(12)13/h2,4-6H,1,3H2,(H,12,13). The number of carbonyl (C=O) groups is 1. The van der Waals surface area contributed by atoms with Gasteiger partial charge in [-0.2, -0.15) is 0 Å². The molecule has 68 valence electrons. The first kappa shape index (κ1) is 9.45. The third-order valence-corrected chi connectivity index (χ3v) is 1.64. The number of hydrogen-bond acceptors (Lipinski definition) is 1. The van der Waals surface area contributed by atoms with Crippen LogP contribution in [-0.4, -0.2) is 11.1 Å². The molecule has 0 amide bonds. The number of benzene rings is 1. The molecular formula is C10H9FO2. The lowest BCUT2D eigenvalue weighted by Crippen LogP contribution is -2.01. The fraction of sp³-hybridized carbons (Fsp3) is 0.100. The van der Waals surface area contributed by atoms with Crippen molar-refractivity contribution in [3.8, 4) is 0 Å². The van der Waals surface area contributed by atoms with Crippen LogP contribution in [0.5, 0.6) is 0 Å². The van der Waals surface area contributed by atoms with E-state index in [0.717, 1.165) is 11.6 Å². The summed E-state index contributed by atoms with van der Waals surface area (Å²) in [5.41, 5.74) is 0.452. The average molecular weight is 180 g/mol. The summed E-state index contributed by atoms with van der Waals surface area (Å²) in [5, 5.41) is 8.59. The second-order valence-corrected chi connectivity index (χ2v) is 2.61. The number of allylic oxidation sites excluding steroid dienone is 1. The maximum absolute atomic E-state index is 12.9. The molecule has 0 atom stereocenters. The lowest BCUT2D eigenvalue weighted by Gasteiger charge is -2.00. The normalized spacial score (nSPS) is 9.62. The van der Waals surface area contributed by atoms with Crippen molar-refractivity contribution in [1.82, 2.24) is 0 Å². The van der Waals surface area contributed by atoms with E-state index in [1.807, 2.05) is 0 Å². The van der Waals surface area contributed by atoms with Crippen LogP contribution in [0.4, 0.5) is 4.39 Å². The zero-order valence-corrected chi connectivity index (χ0v) is 6.96. The van der Waals surface area contributed by atoms with Gasteiger partial charge >= 0.3 is 5.97 Å². The highest BCUT2D eigenvalue weighted by atomic mass is 19.1. The summed E-state index contributed by atoms with van der Waals surface area (Å²) in [5.74, 6) is -1.95. The Morgan fingerprint density at radius 3 is 2.85 bits per heavy atom. The highest BCUT2D eigenvalue weighted by Crippen LogP contribution is 2.11. The maximum atomic E-state index is 12.9. The molecule has 2 nitrogen and oxygen atoms in total. The Hall–Kier alpha value is -1.64. The topological polar surface area (TPSA) is 37.3 Å². The monoisotopic (exact) mass is 180 g/mol. The quantitative estimate of drug-likeness (QED) is 0.724. The molecule has 0 radical (unpaired) electrons. The molecule has 0 saturated carbocycles. The smallest absolute Gasteiger partial charge is 0.338 e. The van der Waals surface area contributed by atoms with Crippen molar-refractivity contribution in [1.29, 1.82) is 0 Å². The van der Waals surface area contributed by atoms with Crippen LogP contribution in [0.1, 0.15) is 15.9 Å². The van der Waals surface area contributed by atoms with Gasteiger partial charge in [0.1, 0.15) is 5.82 Å². The van der Waals surface area contributed by atoms with Crippen LogP contribution in [0.2, 0.25) is 0 Å². The van der Waals surface area contributed by atoms with Crippen LogP contribution in [0.3, 0.4) is 0 Å². The first-order chi connectivity index (χ1) is 6.15. The Kier molecular flexibility index (Phi) is 2.80. The molecule has 0 aromatic heterocycles. The largest absolute Gasteiger partial charge is 0.478 e. The number of rotatable bonds is 3. The lowest BCUT2D eigenvalue weighted by molar-refractivity contribution is 0.0692. The molecule has 0 heterocycles. The molecule has 0 bridgehead atoms. The minimum atomic E-state index is -1.25. The van der Waals surface area contributed by atoms with Crippen LogP contribution in [0, 0.1) is 5.82 Å². The maximum Gasteiger partial charge on any atom is 0.338 e. The summed E-state index contributed by atoms with van der Waals surface area (Å²) in [7, 11) is 0. The molecule has 0 spiro atoms. The molecule has 1 rings (SSSR count). The van der Waals surface area contributed by atoms with Crippen LogP contribution < -0.4 is 0 Å². The fourth-order valence-corrected chi connectivity index (χ4v) is 1.03. The van der Waals surface area contributed by atoms with Gasteiger partial charge in [0.25, 0.3) is 0 Å². The van der Waals surface area contributed by atoms with E-state index in [2.05, 4.69) is 6.58 Å². The van der Waals surface area contributed by atoms with E-state index >= 15 is 0 Å². The Labute approximate surface area is 75.3 Å². The van der Waals surface area contributed by atoms with Gasteiger partial charge in [-0.3, -0.25) is 0 Å². The van der Waals surface area contributed by atoms with Gasteiger partial charge in [0.15, 0.2) is 0 Å². The molecule has 1 aromatic carbocycles. The van der Waals surface area contributed by atoms with Crippen molar-refractivity contribution in [2.45, 2.75) is 6.42 Å². The van der Waals surface area contributed by atoms with E-state index in [1.54, 1.807) is 12.1 Å². The zero-order valence-electron chi connectivity index (χ0n) is 6.96. The first-order valence-electron chi connectivity index (χ1n) is 3.77. The van der Waals surface area contributed by atoms with Crippen LogP contribution >= 0.6 is 0 Å². The molecule has 0 aliphatic carbocycles. The predicted octanol–water partition coefficient (Wildman–Crippen LogP) is 2.25. The molecule has 1 aromatic rings. The van der Waals surface area contributed by atoms with E-state index in [4.69, 9.17) is 5.11 Å². The van der Waals surface area contributed by atoms with Gasteiger partial charge in [-0.15, -0.1) is 6.58 Å². The minimum Gasteiger partial charge on any atom is -0.478 e. The molecular weight excluding hydrogens is 171 g/mol. The van der Waals surface area contributed by atoms with Gasteiger partial charge in [-0.05, 0) is 24.1 Å². The van der Waals surface area contributed by atoms with Gasteiger partial charge in [-0.25, -0.2) is 9.18 Å². The summed E-state index contributed by atoms with van der Waals surface area (Å²) >= 11 is 0. The fourth-order valence-electron chi connectivity index (χ4n) is 1.03. The molecule has 0 aliphatic heterocycles. The number of hydrogen-bond donors (Lipinski definition) is 1. The zero-order chi connectivity index (χ0) is 9.84. The van der Waals surface area contributed by atoms with E-state index in [-0.39, 0.29) is 5.56 Å². The summed E-state index contributed by atoms with van der Waals surface area (Å²) in [4.78, 5) is 10.5. The minimum absolute atomic E-state index is 0.292. The number of halogens is 1. The van der Waals surface area contributed by atoms with Crippen molar-refractivity contribution < 1.29 is 14.3 Å². The molecule has 0 aliphatic rings. The van der Waals surface area contributed by atoms with E-state index < -0.39 is 11.8 Å². The first-order valence-corrected chi connectivity index (χ1v) is 3.77. The van der Waals surface area contributed by atoms with Gasteiger partial charge in [0, 0.05) is 0 Å². The number of aromatic carboxylic acids is 1. The Morgan fingerprint density at radius 2 is 2.31 bits per heavy atom. The molecule has 0 saturated heterocycles. The van der Waals surface area contributed by atoms with Crippen LogP contribution in [-0.2, 0) is 6.42 Å². The summed E-state index contributed by atoms with van der Waals surface area (Å²) in [6.45, 7) is 3.51. The third-order valence-electron chi connectivity index (χ3n) is 1.64. The van der Waals surface area contributed by atoms with Gasteiger partial charge < -0.3 is 5.11 Å². The Morgan fingerprint density at radius 1 is 1.62 bits per heavy atom. The van der Waals surface area contributed by atoms with Gasteiger partial charge in [0.2, 0.25) is 0 Å². The summed E-state index contributed by atoms with van der Waals surface area (Å²) in [6, 6.07) is 4.02. The predicted molar refractivity (Wildman–Crippen MR) is 47.3 cm³/mol. The van der Waals surface area contributed by atoms with E-state index in [0.29, 0.717) is 6.42 Å². The second-order valence-electron chi connectivity index (χ2n) is 2.61. The SMILES string of the molecule is C=CCc1ccc(F)c(C(=O)O)c1. The van der Waals surface area contributed by atoms with Crippen LogP contribution in [0.15, 0.2) is 30.9 Å². The van der Waals surface area contributed by atoms with Gasteiger partial charge in [0.05, 0.1) is 5.56 Å². The summed E-state index contributed by atoms with van der Waals surface area (Å²) in [6.07, 6.45) is 2.18. The summed E-state index contributed by atoms with van der Waals surface area (Å²) < 4.78 is 12.9. The van der Waals surface area contributed by atoms with Crippen molar-refractivity contribution in [2.75, 3.05) is 0 Å².